The largest absolute Gasteiger partial charge is 0.249 e. The fourth-order valence-corrected chi connectivity index (χ4v) is 0.834. The van der Waals surface area contributed by atoms with Gasteiger partial charge in [-0.2, -0.15) is 5.10 Å². The second-order valence-electron chi connectivity index (χ2n) is 2.12. The summed E-state index contributed by atoms with van der Waals surface area (Å²) in [4.78, 5) is 4.01. The second kappa shape index (κ2) is 4.13. The first-order valence-electron chi connectivity index (χ1n) is 3.41. The Kier molecular flexibility index (Phi) is 3.11. The number of alkyl halides is 1. The molecule has 0 radical (unpaired) electrons. The zero-order valence-corrected chi connectivity index (χ0v) is 7.12. The lowest BCUT2D eigenvalue weighted by atomic mass is 10.4. The molecule has 1 aromatic heterocycles. The summed E-state index contributed by atoms with van der Waals surface area (Å²) in [6.07, 6.45) is 6.29. The van der Waals surface area contributed by atoms with Crippen LogP contribution in [0.4, 0.5) is 0 Å². The van der Waals surface area contributed by atoms with Crippen molar-refractivity contribution in [3.8, 4) is 0 Å². The zero-order chi connectivity index (χ0) is 8.10. The Labute approximate surface area is 70.7 Å². The molecular weight excluding hydrogens is 162 g/mol. The molecule has 0 spiro atoms. The van der Waals surface area contributed by atoms with Crippen molar-refractivity contribution in [2.24, 2.45) is 7.05 Å². The maximum Gasteiger partial charge on any atom is 0.150 e. The van der Waals surface area contributed by atoms with Crippen LogP contribution < -0.4 is 0 Å². The summed E-state index contributed by atoms with van der Waals surface area (Å²) in [5.41, 5.74) is 0. The standard InChI is InChI=1S/C7H10ClN3/c1-11-7(9-6-10-11)4-2-3-5-8/h2,4,6H,3,5H2,1H3/b4-2+. The van der Waals surface area contributed by atoms with Gasteiger partial charge in [-0.05, 0) is 12.5 Å². The van der Waals surface area contributed by atoms with E-state index in [0.717, 1.165) is 12.2 Å². The molecule has 0 aromatic carbocycles. The van der Waals surface area contributed by atoms with Crippen molar-refractivity contribution in [3.63, 3.8) is 0 Å². The first-order chi connectivity index (χ1) is 5.34. The summed E-state index contributed by atoms with van der Waals surface area (Å²) in [5, 5.41) is 3.92. The SMILES string of the molecule is Cn1ncnc1/C=C/CCCl. The van der Waals surface area contributed by atoms with E-state index in [2.05, 4.69) is 10.1 Å². The van der Waals surface area contributed by atoms with Gasteiger partial charge in [0.05, 0.1) is 0 Å². The summed E-state index contributed by atoms with van der Waals surface area (Å²) < 4.78 is 1.71. The topological polar surface area (TPSA) is 30.7 Å². The van der Waals surface area contributed by atoms with Gasteiger partial charge < -0.3 is 0 Å². The number of aromatic nitrogens is 3. The number of aryl methyl sites for hydroxylation is 1. The van der Waals surface area contributed by atoms with E-state index >= 15 is 0 Å². The summed E-state index contributed by atoms with van der Waals surface area (Å²) in [6, 6.07) is 0. The van der Waals surface area contributed by atoms with Crippen LogP contribution in [0.3, 0.4) is 0 Å². The van der Waals surface area contributed by atoms with Crippen LogP contribution in [-0.4, -0.2) is 20.6 Å². The molecule has 0 aliphatic heterocycles. The van der Waals surface area contributed by atoms with Gasteiger partial charge in [0.15, 0.2) is 0 Å². The minimum absolute atomic E-state index is 0.647. The molecule has 0 saturated heterocycles. The molecule has 60 valence electrons. The highest BCUT2D eigenvalue weighted by Crippen LogP contribution is 1.96. The lowest BCUT2D eigenvalue weighted by Crippen LogP contribution is -1.92. The first-order valence-corrected chi connectivity index (χ1v) is 3.94. The van der Waals surface area contributed by atoms with Crippen molar-refractivity contribution in [2.75, 3.05) is 5.88 Å². The Morgan fingerprint density at radius 2 is 2.55 bits per heavy atom. The Morgan fingerprint density at radius 1 is 1.73 bits per heavy atom. The van der Waals surface area contributed by atoms with Crippen LogP contribution in [0.1, 0.15) is 12.2 Å². The van der Waals surface area contributed by atoms with E-state index in [0.29, 0.717) is 5.88 Å². The van der Waals surface area contributed by atoms with Crippen LogP contribution in [0, 0.1) is 0 Å². The van der Waals surface area contributed by atoms with Gasteiger partial charge in [-0.25, -0.2) is 9.67 Å². The van der Waals surface area contributed by atoms with Gasteiger partial charge in [-0.3, -0.25) is 0 Å². The molecule has 4 heteroatoms. The quantitative estimate of drug-likeness (QED) is 0.645. The number of rotatable bonds is 3. The van der Waals surface area contributed by atoms with E-state index < -0.39 is 0 Å². The van der Waals surface area contributed by atoms with Gasteiger partial charge >= 0.3 is 0 Å². The molecule has 0 atom stereocenters. The summed E-state index contributed by atoms with van der Waals surface area (Å²) in [7, 11) is 1.85. The van der Waals surface area contributed by atoms with Gasteiger partial charge in [0.25, 0.3) is 0 Å². The van der Waals surface area contributed by atoms with Crippen LogP contribution in [0.15, 0.2) is 12.4 Å². The van der Waals surface area contributed by atoms with Crippen LogP contribution in [0.2, 0.25) is 0 Å². The molecule has 0 N–H and O–H groups in total. The number of allylic oxidation sites excluding steroid dienone is 1. The number of nitrogens with zero attached hydrogens (tertiary/aromatic N) is 3. The molecular formula is C7H10ClN3. The van der Waals surface area contributed by atoms with Crippen molar-refractivity contribution in [3.05, 3.63) is 18.2 Å². The molecule has 0 fully saturated rings. The van der Waals surface area contributed by atoms with Gasteiger partial charge in [0.1, 0.15) is 12.2 Å². The average Bonchev–Trinajstić information content (AvgIpc) is 2.37. The Morgan fingerprint density at radius 3 is 3.09 bits per heavy atom. The Bertz CT molecular complexity index is 242. The molecule has 0 aliphatic carbocycles. The number of hydrogen-bond acceptors (Lipinski definition) is 2. The van der Waals surface area contributed by atoms with Crippen molar-refractivity contribution >= 4 is 17.7 Å². The third-order valence-corrected chi connectivity index (χ3v) is 1.51. The maximum atomic E-state index is 5.49. The molecule has 0 bridgehead atoms. The fourth-order valence-electron chi connectivity index (χ4n) is 0.708. The highest BCUT2D eigenvalue weighted by Gasteiger charge is 1.91. The van der Waals surface area contributed by atoms with Crippen LogP contribution in [0.5, 0.6) is 0 Å². The van der Waals surface area contributed by atoms with Crippen molar-refractivity contribution in [1.82, 2.24) is 14.8 Å². The molecule has 1 rings (SSSR count). The molecule has 3 nitrogen and oxygen atoms in total. The van der Waals surface area contributed by atoms with Crippen LogP contribution in [0.25, 0.3) is 6.08 Å². The minimum atomic E-state index is 0.647. The zero-order valence-electron chi connectivity index (χ0n) is 6.37. The van der Waals surface area contributed by atoms with Crippen molar-refractivity contribution in [2.45, 2.75) is 6.42 Å². The van der Waals surface area contributed by atoms with Crippen molar-refractivity contribution < 1.29 is 0 Å². The lowest BCUT2D eigenvalue weighted by molar-refractivity contribution is 0.756. The molecule has 0 aliphatic rings. The highest BCUT2D eigenvalue weighted by molar-refractivity contribution is 6.17. The maximum absolute atomic E-state index is 5.49. The molecule has 11 heavy (non-hydrogen) atoms. The third kappa shape index (κ3) is 2.35. The van der Waals surface area contributed by atoms with Crippen molar-refractivity contribution in [1.29, 1.82) is 0 Å². The summed E-state index contributed by atoms with van der Waals surface area (Å²) >= 11 is 5.49. The van der Waals surface area contributed by atoms with E-state index in [1.54, 1.807) is 4.68 Å². The van der Waals surface area contributed by atoms with Gasteiger partial charge in [-0.15, -0.1) is 11.6 Å². The van der Waals surface area contributed by atoms with Gasteiger partial charge in [0, 0.05) is 12.9 Å². The highest BCUT2D eigenvalue weighted by atomic mass is 35.5. The second-order valence-corrected chi connectivity index (χ2v) is 2.50. The molecule has 0 saturated carbocycles. The monoisotopic (exact) mass is 171 g/mol. The van der Waals surface area contributed by atoms with Gasteiger partial charge in [0.2, 0.25) is 0 Å². The number of hydrogen-bond donors (Lipinski definition) is 0. The number of halogens is 1. The smallest absolute Gasteiger partial charge is 0.150 e. The van der Waals surface area contributed by atoms with E-state index in [9.17, 15) is 0 Å². The van der Waals surface area contributed by atoms with E-state index in [-0.39, 0.29) is 0 Å². The van der Waals surface area contributed by atoms with E-state index in [1.165, 1.54) is 6.33 Å². The lowest BCUT2D eigenvalue weighted by Gasteiger charge is -1.89. The predicted molar refractivity (Wildman–Crippen MR) is 45.4 cm³/mol. The first kappa shape index (κ1) is 8.27. The molecule has 0 amide bonds. The van der Waals surface area contributed by atoms with E-state index in [4.69, 9.17) is 11.6 Å². The normalized spacial score (nSPS) is 11.1. The fraction of sp³-hybridized carbons (Fsp3) is 0.429. The average molecular weight is 172 g/mol. The predicted octanol–water partition coefficient (Wildman–Crippen LogP) is 1.46. The van der Waals surface area contributed by atoms with E-state index in [1.807, 2.05) is 19.2 Å². The summed E-state index contributed by atoms with van der Waals surface area (Å²) in [5.74, 6) is 1.50. The van der Waals surface area contributed by atoms with Crippen LogP contribution >= 0.6 is 11.6 Å². The molecule has 1 aromatic rings. The van der Waals surface area contributed by atoms with Gasteiger partial charge in [-0.1, -0.05) is 6.08 Å². The third-order valence-electron chi connectivity index (χ3n) is 1.29. The molecule has 1 heterocycles. The molecule has 0 unspecified atom stereocenters. The van der Waals surface area contributed by atoms with Crippen LogP contribution in [-0.2, 0) is 7.05 Å². The minimum Gasteiger partial charge on any atom is -0.249 e. The Hall–Kier alpha value is -0.830. The summed E-state index contributed by atoms with van der Waals surface area (Å²) in [6.45, 7) is 0. The Balaban J connectivity index is 2.56.